The Morgan fingerprint density at radius 3 is 2.50 bits per heavy atom. The zero-order valence-electron chi connectivity index (χ0n) is 11.1. The molecule has 0 spiro atoms. The lowest BCUT2D eigenvalue weighted by Gasteiger charge is -2.39. The molecule has 1 heterocycles. The van der Waals surface area contributed by atoms with Gasteiger partial charge < -0.3 is 10.5 Å². The maximum Gasteiger partial charge on any atom is 0.0469 e. The molecule has 1 aliphatic rings. The van der Waals surface area contributed by atoms with E-state index in [2.05, 4.69) is 25.8 Å². The SMILES string of the molecule is CCCC(C)N(C)C(CN)C1CCOCC1. The molecule has 0 aromatic carbocycles. The molecule has 1 aliphatic heterocycles. The molecular formula is C13H28N2O. The lowest BCUT2D eigenvalue weighted by Crippen LogP contribution is -2.48. The third kappa shape index (κ3) is 3.72. The minimum absolute atomic E-state index is 0.533. The normalized spacial score (nSPS) is 22.3. The molecule has 0 bridgehead atoms. The highest BCUT2D eigenvalue weighted by Gasteiger charge is 2.28. The van der Waals surface area contributed by atoms with E-state index in [4.69, 9.17) is 10.5 Å². The molecule has 1 rings (SSSR count). The van der Waals surface area contributed by atoms with Crippen LogP contribution in [0.1, 0.15) is 39.5 Å². The number of rotatable bonds is 6. The Labute approximate surface area is 100 Å². The molecule has 2 unspecified atom stereocenters. The maximum atomic E-state index is 5.96. The van der Waals surface area contributed by atoms with E-state index in [9.17, 15) is 0 Å². The van der Waals surface area contributed by atoms with Gasteiger partial charge in [-0.25, -0.2) is 0 Å². The van der Waals surface area contributed by atoms with Gasteiger partial charge in [-0.2, -0.15) is 0 Å². The van der Waals surface area contributed by atoms with Gasteiger partial charge in [0.05, 0.1) is 0 Å². The van der Waals surface area contributed by atoms with Gasteiger partial charge in [0.2, 0.25) is 0 Å². The minimum Gasteiger partial charge on any atom is -0.381 e. The third-order valence-electron chi connectivity index (χ3n) is 3.98. The molecule has 2 N–H and O–H groups in total. The second-order valence-corrected chi connectivity index (χ2v) is 5.06. The van der Waals surface area contributed by atoms with E-state index in [-0.39, 0.29) is 0 Å². The Bertz CT molecular complexity index is 181. The van der Waals surface area contributed by atoms with Gasteiger partial charge in [-0.15, -0.1) is 0 Å². The van der Waals surface area contributed by atoms with E-state index in [1.807, 2.05) is 0 Å². The van der Waals surface area contributed by atoms with Crippen LogP contribution in [0.25, 0.3) is 0 Å². The predicted octanol–water partition coefficient (Wildman–Crippen LogP) is 1.86. The average Bonchev–Trinajstić information content (AvgIpc) is 2.31. The van der Waals surface area contributed by atoms with Crippen molar-refractivity contribution in [2.24, 2.45) is 11.7 Å². The predicted molar refractivity (Wildman–Crippen MR) is 68.5 cm³/mol. The van der Waals surface area contributed by atoms with Crippen molar-refractivity contribution >= 4 is 0 Å². The van der Waals surface area contributed by atoms with Gasteiger partial charge in [0.1, 0.15) is 0 Å². The standard InChI is InChI=1S/C13H28N2O/c1-4-5-11(2)15(3)13(10-14)12-6-8-16-9-7-12/h11-13H,4-10,14H2,1-3H3. The zero-order valence-corrected chi connectivity index (χ0v) is 11.1. The quantitative estimate of drug-likeness (QED) is 0.754. The molecule has 0 aliphatic carbocycles. The zero-order chi connectivity index (χ0) is 12.0. The van der Waals surface area contributed by atoms with Crippen LogP contribution in [0.15, 0.2) is 0 Å². The van der Waals surface area contributed by atoms with Gasteiger partial charge in [0.25, 0.3) is 0 Å². The van der Waals surface area contributed by atoms with Crippen molar-refractivity contribution < 1.29 is 4.74 Å². The second-order valence-electron chi connectivity index (χ2n) is 5.06. The molecule has 2 atom stereocenters. The van der Waals surface area contributed by atoms with Crippen LogP contribution in [0.5, 0.6) is 0 Å². The van der Waals surface area contributed by atoms with Crippen LogP contribution in [0, 0.1) is 5.92 Å². The summed E-state index contributed by atoms with van der Waals surface area (Å²) in [6.45, 7) is 7.16. The fourth-order valence-electron chi connectivity index (χ4n) is 2.74. The molecule has 3 nitrogen and oxygen atoms in total. The van der Waals surface area contributed by atoms with Crippen LogP contribution in [-0.4, -0.2) is 43.8 Å². The van der Waals surface area contributed by atoms with Crippen LogP contribution in [0.2, 0.25) is 0 Å². The molecule has 0 radical (unpaired) electrons. The van der Waals surface area contributed by atoms with Crippen molar-refractivity contribution in [1.29, 1.82) is 0 Å². The van der Waals surface area contributed by atoms with Gasteiger partial charge >= 0.3 is 0 Å². The van der Waals surface area contributed by atoms with Gasteiger partial charge in [-0.05, 0) is 39.2 Å². The first-order chi connectivity index (χ1) is 7.70. The van der Waals surface area contributed by atoms with Crippen LogP contribution < -0.4 is 5.73 Å². The first-order valence-electron chi connectivity index (χ1n) is 6.70. The first-order valence-corrected chi connectivity index (χ1v) is 6.70. The number of hydrogen-bond donors (Lipinski definition) is 1. The summed E-state index contributed by atoms with van der Waals surface area (Å²) in [5.41, 5.74) is 5.96. The topological polar surface area (TPSA) is 38.5 Å². The monoisotopic (exact) mass is 228 g/mol. The molecule has 0 aromatic rings. The fourth-order valence-corrected chi connectivity index (χ4v) is 2.74. The van der Waals surface area contributed by atoms with Crippen LogP contribution >= 0.6 is 0 Å². The summed E-state index contributed by atoms with van der Waals surface area (Å²) in [7, 11) is 2.23. The van der Waals surface area contributed by atoms with Gasteiger partial charge in [-0.3, -0.25) is 4.90 Å². The Morgan fingerprint density at radius 1 is 1.38 bits per heavy atom. The summed E-state index contributed by atoms with van der Waals surface area (Å²) in [6.07, 6.45) is 4.85. The van der Waals surface area contributed by atoms with Crippen molar-refractivity contribution in [3.8, 4) is 0 Å². The molecule has 1 saturated heterocycles. The van der Waals surface area contributed by atoms with Gasteiger partial charge in [0.15, 0.2) is 0 Å². The van der Waals surface area contributed by atoms with Crippen molar-refractivity contribution in [2.45, 2.75) is 51.6 Å². The summed E-state index contributed by atoms with van der Waals surface area (Å²) >= 11 is 0. The summed E-state index contributed by atoms with van der Waals surface area (Å²) in [6, 6.07) is 1.17. The molecule has 3 heteroatoms. The summed E-state index contributed by atoms with van der Waals surface area (Å²) in [5, 5.41) is 0. The molecule has 16 heavy (non-hydrogen) atoms. The van der Waals surface area contributed by atoms with Crippen molar-refractivity contribution in [3.63, 3.8) is 0 Å². The maximum absolute atomic E-state index is 5.96. The molecular weight excluding hydrogens is 200 g/mol. The van der Waals surface area contributed by atoms with Gasteiger partial charge in [0, 0.05) is 31.8 Å². The van der Waals surface area contributed by atoms with Crippen LogP contribution in [-0.2, 0) is 4.74 Å². The van der Waals surface area contributed by atoms with Crippen molar-refractivity contribution in [2.75, 3.05) is 26.8 Å². The van der Waals surface area contributed by atoms with E-state index in [1.54, 1.807) is 0 Å². The molecule has 0 amide bonds. The lowest BCUT2D eigenvalue weighted by atomic mass is 9.90. The van der Waals surface area contributed by atoms with Crippen molar-refractivity contribution in [1.82, 2.24) is 4.90 Å². The van der Waals surface area contributed by atoms with E-state index in [0.29, 0.717) is 12.1 Å². The highest BCUT2D eigenvalue weighted by molar-refractivity contribution is 4.82. The smallest absolute Gasteiger partial charge is 0.0469 e. The Kier molecular flexibility index (Phi) is 6.32. The number of nitrogens with zero attached hydrogens (tertiary/aromatic N) is 1. The fraction of sp³-hybridized carbons (Fsp3) is 1.00. The Morgan fingerprint density at radius 2 is 2.00 bits per heavy atom. The Balaban J connectivity index is 2.50. The highest BCUT2D eigenvalue weighted by atomic mass is 16.5. The number of nitrogens with two attached hydrogens (primary N) is 1. The van der Waals surface area contributed by atoms with E-state index in [0.717, 1.165) is 25.7 Å². The Hall–Kier alpha value is -0.120. The number of likely N-dealkylation sites (N-methyl/N-ethyl adjacent to an activating group) is 1. The summed E-state index contributed by atoms with van der Waals surface area (Å²) < 4.78 is 5.42. The largest absolute Gasteiger partial charge is 0.381 e. The molecule has 0 saturated carbocycles. The lowest BCUT2D eigenvalue weighted by molar-refractivity contribution is 0.0244. The van der Waals surface area contributed by atoms with E-state index < -0.39 is 0 Å². The second kappa shape index (κ2) is 7.25. The van der Waals surface area contributed by atoms with Crippen LogP contribution in [0.3, 0.4) is 0 Å². The third-order valence-corrected chi connectivity index (χ3v) is 3.98. The molecule has 96 valence electrons. The molecule has 0 aromatic heterocycles. The highest BCUT2D eigenvalue weighted by Crippen LogP contribution is 2.23. The van der Waals surface area contributed by atoms with E-state index in [1.165, 1.54) is 25.7 Å². The number of ether oxygens (including phenoxy) is 1. The van der Waals surface area contributed by atoms with E-state index >= 15 is 0 Å². The summed E-state index contributed by atoms with van der Waals surface area (Å²) in [4.78, 5) is 2.49. The molecule has 1 fully saturated rings. The van der Waals surface area contributed by atoms with Crippen molar-refractivity contribution in [3.05, 3.63) is 0 Å². The van der Waals surface area contributed by atoms with Gasteiger partial charge in [-0.1, -0.05) is 13.3 Å². The van der Waals surface area contributed by atoms with Crippen LogP contribution in [0.4, 0.5) is 0 Å². The average molecular weight is 228 g/mol. The summed E-state index contributed by atoms with van der Waals surface area (Å²) in [5.74, 6) is 0.725. The minimum atomic E-state index is 0.533. The number of hydrogen-bond acceptors (Lipinski definition) is 3. The first kappa shape index (κ1) is 13.9.